The molecule has 0 aliphatic rings. The van der Waals surface area contributed by atoms with Crippen molar-refractivity contribution >= 4 is 22.8 Å². The van der Waals surface area contributed by atoms with E-state index in [1.54, 1.807) is 0 Å². The molecule has 1 aromatic heterocycles. The number of hydrogen-bond donors (Lipinski definition) is 0. The van der Waals surface area contributed by atoms with Gasteiger partial charge in [-0.05, 0) is 23.3 Å². The summed E-state index contributed by atoms with van der Waals surface area (Å²) in [6, 6.07) is 29.1. The van der Waals surface area contributed by atoms with Crippen LogP contribution in [0, 0.1) is 0 Å². The van der Waals surface area contributed by atoms with Crippen molar-refractivity contribution in [3.8, 4) is 0 Å². The summed E-state index contributed by atoms with van der Waals surface area (Å²) in [5.74, 6) is 0. The first-order valence-corrected chi connectivity index (χ1v) is 7.66. The van der Waals surface area contributed by atoms with Gasteiger partial charge in [0.05, 0.1) is 17.4 Å². The van der Waals surface area contributed by atoms with Crippen LogP contribution in [0.1, 0.15) is 11.1 Å². The second kappa shape index (κ2) is 5.93. The van der Waals surface area contributed by atoms with Crippen LogP contribution < -0.4 is 0 Å². The monoisotopic (exact) mass is 296 g/mol. The Morgan fingerprint density at radius 3 is 1.91 bits per heavy atom. The fourth-order valence-corrected chi connectivity index (χ4v) is 2.77. The summed E-state index contributed by atoms with van der Waals surface area (Å²) in [7, 11) is 0. The van der Waals surface area contributed by atoms with Crippen molar-refractivity contribution in [1.29, 1.82) is 0 Å². The largest absolute Gasteiger partial charge is 0.305 e. The highest BCUT2D eigenvalue weighted by molar-refractivity contribution is 5.89. The molecular weight excluding hydrogens is 280 g/mol. The smallest absolute Gasteiger partial charge is 0.0999 e. The van der Waals surface area contributed by atoms with Gasteiger partial charge in [-0.1, -0.05) is 72.8 Å². The molecule has 4 aromatic rings. The first-order valence-electron chi connectivity index (χ1n) is 7.66. The second-order valence-electron chi connectivity index (χ2n) is 5.42. The summed E-state index contributed by atoms with van der Waals surface area (Å²) < 4.78 is 2.09. The van der Waals surface area contributed by atoms with Crippen molar-refractivity contribution in [2.24, 2.45) is 0 Å². The number of aromatic nitrogens is 2. The van der Waals surface area contributed by atoms with Crippen molar-refractivity contribution in [3.05, 3.63) is 102 Å². The average molecular weight is 296 g/mol. The molecule has 2 nitrogen and oxygen atoms in total. The third kappa shape index (κ3) is 2.67. The number of hydrogen-bond acceptors (Lipinski definition) is 1. The highest BCUT2D eigenvalue weighted by atomic mass is 15.0. The van der Waals surface area contributed by atoms with Crippen LogP contribution >= 0.6 is 0 Å². The molecule has 0 unspecified atom stereocenters. The maximum absolute atomic E-state index is 4.48. The topological polar surface area (TPSA) is 17.8 Å². The van der Waals surface area contributed by atoms with Crippen molar-refractivity contribution in [2.75, 3.05) is 0 Å². The van der Waals surface area contributed by atoms with E-state index >= 15 is 0 Å². The molecule has 0 atom stereocenters. The van der Waals surface area contributed by atoms with Gasteiger partial charge in [-0.2, -0.15) is 0 Å². The molecule has 0 amide bonds. The number of benzene rings is 3. The highest BCUT2D eigenvalue weighted by Crippen LogP contribution is 2.25. The lowest BCUT2D eigenvalue weighted by Crippen LogP contribution is -1.92. The third-order valence-corrected chi connectivity index (χ3v) is 3.92. The maximum Gasteiger partial charge on any atom is 0.0999 e. The minimum absolute atomic E-state index is 1.00. The molecule has 0 bridgehead atoms. The summed E-state index contributed by atoms with van der Waals surface area (Å²) in [6.07, 6.45) is 4.02. The number of fused-ring (bicyclic) bond motifs is 1. The third-order valence-electron chi connectivity index (χ3n) is 3.92. The standard InChI is InChI=1S/C21H16N2/c1-3-9-17(10-4-1)19(18-11-5-2-6-12-18)15-23-16-22-20-13-7-8-14-21(20)23/h1-16H. The van der Waals surface area contributed by atoms with Crippen molar-refractivity contribution < 1.29 is 0 Å². The summed E-state index contributed by atoms with van der Waals surface area (Å²) in [4.78, 5) is 4.48. The van der Waals surface area contributed by atoms with E-state index in [9.17, 15) is 0 Å². The maximum atomic E-state index is 4.48. The average Bonchev–Trinajstić information content (AvgIpc) is 3.04. The lowest BCUT2D eigenvalue weighted by molar-refractivity contribution is 1.17. The normalized spacial score (nSPS) is 10.6. The Hall–Kier alpha value is -3.13. The van der Waals surface area contributed by atoms with E-state index in [0.29, 0.717) is 0 Å². The SMILES string of the molecule is C(=C(c1ccccc1)c1ccccc1)n1cnc2ccccc21. The van der Waals surface area contributed by atoms with E-state index in [1.807, 2.05) is 36.7 Å². The van der Waals surface area contributed by atoms with Crippen LogP contribution in [0.15, 0.2) is 91.3 Å². The van der Waals surface area contributed by atoms with E-state index in [-0.39, 0.29) is 0 Å². The summed E-state index contributed by atoms with van der Waals surface area (Å²) >= 11 is 0. The summed E-state index contributed by atoms with van der Waals surface area (Å²) in [5, 5.41) is 0. The van der Waals surface area contributed by atoms with Gasteiger partial charge < -0.3 is 4.57 Å². The molecule has 0 fully saturated rings. The molecular formula is C21H16N2. The van der Waals surface area contributed by atoms with Gasteiger partial charge in [0.1, 0.15) is 0 Å². The minimum atomic E-state index is 1.00. The Morgan fingerprint density at radius 2 is 1.26 bits per heavy atom. The van der Waals surface area contributed by atoms with Crippen LogP contribution in [0.5, 0.6) is 0 Å². The zero-order chi connectivity index (χ0) is 15.5. The van der Waals surface area contributed by atoms with Gasteiger partial charge in [-0.3, -0.25) is 0 Å². The van der Waals surface area contributed by atoms with Crippen LogP contribution in [0.25, 0.3) is 22.8 Å². The quantitative estimate of drug-likeness (QED) is 0.515. The molecule has 110 valence electrons. The summed E-state index contributed by atoms with van der Waals surface area (Å²) in [6.45, 7) is 0. The van der Waals surface area contributed by atoms with Crippen LogP contribution in [0.3, 0.4) is 0 Å². The van der Waals surface area contributed by atoms with Crippen LogP contribution in [-0.2, 0) is 0 Å². The highest BCUT2D eigenvalue weighted by Gasteiger charge is 2.06. The molecule has 0 spiro atoms. The Morgan fingerprint density at radius 1 is 0.696 bits per heavy atom. The predicted molar refractivity (Wildman–Crippen MR) is 95.9 cm³/mol. The Kier molecular flexibility index (Phi) is 3.49. The molecule has 23 heavy (non-hydrogen) atoms. The van der Waals surface area contributed by atoms with Crippen LogP contribution in [0.2, 0.25) is 0 Å². The predicted octanol–water partition coefficient (Wildman–Crippen LogP) is 5.08. The zero-order valence-corrected chi connectivity index (χ0v) is 12.6. The van der Waals surface area contributed by atoms with Crippen LogP contribution in [0.4, 0.5) is 0 Å². The first kappa shape index (κ1) is 13.5. The van der Waals surface area contributed by atoms with Crippen molar-refractivity contribution in [1.82, 2.24) is 9.55 Å². The van der Waals surface area contributed by atoms with Crippen molar-refractivity contribution in [2.45, 2.75) is 0 Å². The molecule has 0 saturated carbocycles. The molecule has 0 N–H and O–H groups in total. The molecule has 4 rings (SSSR count). The van der Waals surface area contributed by atoms with Crippen molar-refractivity contribution in [3.63, 3.8) is 0 Å². The molecule has 0 aliphatic heterocycles. The fourth-order valence-electron chi connectivity index (χ4n) is 2.77. The van der Waals surface area contributed by atoms with Gasteiger partial charge in [0.15, 0.2) is 0 Å². The van der Waals surface area contributed by atoms with E-state index in [2.05, 4.69) is 70.3 Å². The molecule has 0 saturated heterocycles. The lowest BCUT2D eigenvalue weighted by Gasteiger charge is -2.09. The lowest BCUT2D eigenvalue weighted by atomic mass is 9.99. The van der Waals surface area contributed by atoms with Gasteiger partial charge in [0.25, 0.3) is 0 Å². The van der Waals surface area contributed by atoms with Gasteiger partial charge in [0.2, 0.25) is 0 Å². The molecule has 2 heteroatoms. The molecule has 1 heterocycles. The first-order chi connectivity index (χ1) is 11.4. The van der Waals surface area contributed by atoms with E-state index in [0.717, 1.165) is 11.0 Å². The zero-order valence-electron chi connectivity index (χ0n) is 12.6. The fraction of sp³-hybridized carbons (Fsp3) is 0. The summed E-state index contributed by atoms with van der Waals surface area (Å²) in [5.41, 5.74) is 5.67. The Bertz CT molecular complexity index is 909. The molecule has 3 aromatic carbocycles. The van der Waals surface area contributed by atoms with E-state index in [4.69, 9.17) is 0 Å². The second-order valence-corrected chi connectivity index (χ2v) is 5.42. The van der Waals surface area contributed by atoms with Gasteiger partial charge in [-0.25, -0.2) is 4.98 Å². The number of rotatable bonds is 3. The van der Waals surface area contributed by atoms with Gasteiger partial charge in [0, 0.05) is 11.8 Å². The number of para-hydroxylation sites is 2. The van der Waals surface area contributed by atoms with E-state index < -0.39 is 0 Å². The number of imidazole rings is 1. The Balaban J connectivity index is 1.92. The minimum Gasteiger partial charge on any atom is -0.305 e. The van der Waals surface area contributed by atoms with Gasteiger partial charge in [-0.15, -0.1) is 0 Å². The molecule has 0 radical (unpaired) electrons. The van der Waals surface area contributed by atoms with E-state index in [1.165, 1.54) is 16.7 Å². The van der Waals surface area contributed by atoms with Crippen LogP contribution in [-0.4, -0.2) is 9.55 Å². The Labute approximate surface area is 135 Å². The number of nitrogens with zero attached hydrogens (tertiary/aromatic N) is 2. The van der Waals surface area contributed by atoms with Gasteiger partial charge >= 0.3 is 0 Å². The molecule has 0 aliphatic carbocycles.